The molecule has 0 atom stereocenters. The summed E-state index contributed by atoms with van der Waals surface area (Å²) in [7, 11) is 0. The largest absolute Gasteiger partial charge is 0.492 e. The fourth-order valence-electron chi connectivity index (χ4n) is 2.56. The Morgan fingerprint density at radius 2 is 2.21 bits per heavy atom. The molecule has 0 spiro atoms. The Hall–Kier alpha value is -2.10. The highest BCUT2D eigenvalue weighted by atomic mass is 16.5. The van der Waals surface area contributed by atoms with Crippen LogP contribution in [0.25, 0.3) is 11.3 Å². The van der Waals surface area contributed by atoms with Gasteiger partial charge in [0.25, 0.3) is 0 Å². The second-order valence-corrected chi connectivity index (χ2v) is 4.73. The molecule has 0 saturated carbocycles. The Morgan fingerprint density at radius 3 is 3.05 bits per heavy atom. The van der Waals surface area contributed by atoms with Crippen LogP contribution in [0.2, 0.25) is 0 Å². The summed E-state index contributed by atoms with van der Waals surface area (Å²) in [6.45, 7) is 2.87. The van der Waals surface area contributed by atoms with Crippen LogP contribution < -0.4 is 10.5 Å². The van der Waals surface area contributed by atoms with Gasteiger partial charge in [-0.1, -0.05) is 25.5 Å². The number of aromatic nitrogens is 2. The molecule has 2 N–H and O–H groups in total. The summed E-state index contributed by atoms with van der Waals surface area (Å²) in [6, 6.07) is 6.21. The molecule has 2 aromatic rings. The van der Waals surface area contributed by atoms with Gasteiger partial charge in [-0.2, -0.15) is 0 Å². The highest BCUT2D eigenvalue weighted by molar-refractivity contribution is 5.74. The molecule has 1 aromatic heterocycles. The third-order valence-electron chi connectivity index (χ3n) is 3.45. The molecule has 0 radical (unpaired) electrons. The number of para-hydroxylation sites is 1. The minimum Gasteiger partial charge on any atom is -0.492 e. The number of nitrogen functional groups attached to an aromatic ring is 1. The smallest absolute Gasteiger partial charge is 0.132 e. The molecular formula is C15H17N3O. The number of hydrogen-bond donors (Lipinski definition) is 1. The number of benzene rings is 1. The first-order valence-corrected chi connectivity index (χ1v) is 6.65. The molecule has 0 amide bonds. The Morgan fingerprint density at radius 1 is 1.32 bits per heavy atom. The van der Waals surface area contributed by atoms with Gasteiger partial charge in [-0.3, -0.25) is 0 Å². The standard InChI is InChI=1S/C15H17N3O/c1-2-4-12-13(17-9-18-15(12)16)11-6-3-5-10-7-8-19-14(10)11/h3,5-6,9H,2,4,7-8H2,1H3,(H2,16,17,18). The average molecular weight is 255 g/mol. The normalized spacial score (nSPS) is 13.1. The Labute approximate surface area is 112 Å². The van der Waals surface area contributed by atoms with Crippen molar-refractivity contribution in [1.82, 2.24) is 9.97 Å². The van der Waals surface area contributed by atoms with Gasteiger partial charge in [-0.25, -0.2) is 9.97 Å². The average Bonchev–Trinajstić information content (AvgIpc) is 2.89. The summed E-state index contributed by atoms with van der Waals surface area (Å²) in [5, 5.41) is 0. The second kappa shape index (κ2) is 4.88. The van der Waals surface area contributed by atoms with E-state index in [1.54, 1.807) is 0 Å². The van der Waals surface area contributed by atoms with Crippen molar-refractivity contribution in [2.24, 2.45) is 0 Å². The van der Waals surface area contributed by atoms with Crippen LogP contribution in [0.4, 0.5) is 5.82 Å². The minimum absolute atomic E-state index is 0.572. The maximum atomic E-state index is 6.00. The summed E-state index contributed by atoms with van der Waals surface area (Å²) < 4.78 is 5.76. The van der Waals surface area contributed by atoms with Crippen molar-refractivity contribution in [3.05, 3.63) is 35.7 Å². The van der Waals surface area contributed by atoms with Crippen LogP contribution in [0.5, 0.6) is 5.75 Å². The van der Waals surface area contributed by atoms with E-state index in [0.29, 0.717) is 5.82 Å². The Bertz CT molecular complexity index is 610. The van der Waals surface area contributed by atoms with Gasteiger partial charge in [0, 0.05) is 17.5 Å². The second-order valence-electron chi connectivity index (χ2n) is 4.73. The molecule has 4 heteroatoms. The fourth-order valence-corrected chi connectivity index (χ4v) is 2.56. The molecule has 2 heterocycles. The summed E-state index contributed by atoms with van der Waals surface area (Å²) in [5.41, 5.74) is 10.2. The molecule has 1 aliphatic heterocycles. The minimum atomic E-state index is 0.572. The van der Waals surface area contributed by atoms with Gasteiger partial charge in [0.15, 0.2) is 0 Å². The van der Waals surface area contributed by atoms with Crippen LogP contribution >= 0.6 is 0 Å². The highest BCUT2D eigenvalue weighted by Crippen LogP contribution is 2.38. The first-order chi connectivity index (χ1) is 9.31. The maximum absolute atomic E-state index is 6.00. The Kier molecular flexibility index (Phi) is 3.07. The first-order valence-electron chi connectivity index (χ1n) is 6.65. The quantitative estimate of drug-likeness (QED) is 0.915. The monoisotopic (exact) mass is 255 g/mol. The van der Waals surface area contributed by atoms with Gasteiger partial charge < -0.3 is 10.5 Å². The molecule has 0 unspecified atom stereocenters. The number of nitrogens with zero attached hydrogens (tertiary/aromatic N) is 2. The lowest BCUT2D eigenvalue weighted by Gasteiger charge is -2.12. The van der Waals surface area contributed by atoms with Gasteiger partial charge in [0.05, 0.1) is 12.3 Å². The van der Waals surface area contributed by atoms with E-state index in [-0.39, 0.29) is 0 Å². The van der Waals surface area contributed by atoms with Gasteiger partial charge in [-0.05, 0) is 18.1 Å². The van der Waals surface area contributed by atoms with Gasteiger partial charge in [0.1, 0.15) is 17.9 Å². The molecule has 0 aliphatic carbocycles. The van der Waals surface area contributed by atoms with E-state index < -0.39 is 0 Å². The number of fused-ring (bicyclic) bond motifs is 1. The van der Waals surface area contributed by atoms with E-state index in [0.717, 1.165) is 48.4 Å². The van der Waals surface area contributed by atoms with Gasteiger partial charge >= 0.3 is 0 Å². The first kappa shape index (κ1) is 12.0. The zero-order valence-corrected chi connectivity index (χ0v) is 11.0. The molecule has 19 heavy (non-hydrogen) atoms. The number of ether oxygens (including phenoxy) is 1. The Balaban J connectivity index is 2.17. The molecule has 0 fully saturated rings. The van der Waals surface area contributed by atoms with Crippen LogP contribution in [0.1, 0.15) is 24.5 Å². The van der Waals surface area contributed by atoms with Crippen LogP contribution in [0.15, 0.2) is 24.5 Å². The highest BCUT2D eigenvalue weighted by Gasteiger charge is 2.20. The van der Waals surface area contributed by atoms with E-state index >= 15 is 0 Å². The lowest BCUT2D eigenvalue weighted by molar-refractivity contribution is 0.358. The van der Waals surface area contributed by atoms with Crippen molar-refractivity contribution in [3.63, 3.8) is 0 Å². The summed E-state index contributed by atoms with van der Waals surface area (Å²) >= 11 is 0. The molecule has 1 aromatic carbocycles. The van der Waals surface area contributed by atoms with Gasteiger partial charge in [0.2, 0.25) is 0 Å². The van der Waals surface area contributed by atoms with E-state index in [1.165, 1.54) is 11.9 Å². The van der Waals surface area contributed by atoms with Crippen molar-refractivity contribution >= 4 is 5.82 Å². The molecular weight excluding hydrogens is 238 g/mol. The number of nitrogens with two attached hydrogens (primary N) is 1. The van der Waals surface area contributed by atoms with Crippen LogP contribution in [-0.2, 0) is 12.8 Å². The van der Waals surface area contributed by atoms with Gasteiger partial charge in [-0.15, -0.1) is 0 Å². The predicted octanol–water partition coefficient (Wildman–Crippen LogP) is 2.61. The molecule has 0 bridgehead atoms. The van der Waals surface area contributed by atoms with E-state index in [2.05, 4.69) is 29.0 Å². The van der Waals surface area contributed by atoms with E-state index in [1.807, 2.05) is 6.07 Å². The summed E-state index contributed by atoms with van der Waals surface area (Å²) in [4.78, 5) is 8.54. The third kappa shape index (κ3) is 2.03. The van der Waals surface area contributed by atoms with Crippen molar-refractivity contribution in [2.45, 2.75) is 26.2 Å². The third-order valence-corrected chi connectivity index (χ3v) is 3.45. The zero-order valence-electron chi connectivity index (χ0n) is 11.0. The summed E-state index contributed by atoms with van der Waals surface area (Å²) in [5.74, 6) is 1.53. The van der Waals surface area contributed by atoms with Crippen molar-refractivity contribution in [2.75, 3.05) is 12.3 Å². The van der Waals surface area contributed by atoms with E-state index in [4.69, 9.17) is 10.5 Å². The number of anilines is 1. The molecule has 98 valence electrons. The van der Waals surface area contributed by atoms with Crippen LogP contribution in [0.3, 0.4) is 0 Å². The van der Waals surface area contributed by atoms with Crippen molar-refractivity contribution < 1.29 is 4.74 Å². The lowest BCUT2D eigenvalue weighted by Crippen LogP contribution is -2.03. The van der Waals surface area contributed by atoms with E-state index in [9.17, 15) is 0 Å². The lowest BCUT2D eigenvalue weighted by atomic mass is 10.00. The molecule has 4 nitrogen and oxygen atoms in total. The summed E-state index contributed by atoms with van der Waals surface area (Å²) in [6.07, 6.45) is 4.39. The zero-order chi connectivity index (χ0) is 13.2. The van der Waals surface area contributed by atoms with Crippen LogP contribution in [0, 0.1) is 0 Å². The molecule has 0 saturated heterocycles. The van der Waals surface area contributed by atoms with Crippen LogP contribution in [-0.4, -0.2) is 16.6 Å². The predicted molar refractivity (Wildman–Crippen MR) is 75.1 cm³/mol. The maximum Gasteiger partial charge on any atom is 0.132 e. The molecule has 3 rings (SSSR count). The topological polar surface area (TPSA) is 61.0 Å². The fraction of sp³-hybridized carbons (Fsp3) is 0.333. The number of rotatable bonds is 3. The molecule has 1 aliphatic rings. The van der Waals surface area contributed by atoms with Crippen molar-refractivity contribution in [3.8, 4) is 17.0 Å². The number of hydrogen-bond acceptors (Lipinski definition) is 4. The van der Waals surface area contributed by atoms with Crippen molar-refractivity contribution in [1.29, 1.82) is 0 Å². The SMILES string of the molecule is CCCc1c(N)ncnc1-c1cccc2c1OCC2.